The fourth-order valence-corrected chi connectivity index (χ4v) is 5.23. The summed E-state index contributed by atoms with van der Waals surface area (Å²) in [5.74, 6) is -0.0193. The number of carbonyl (C=O) groups is 1. The van der Waals surface area contributed by atoms with Crippen molar-refractivity contribution in [3.63, 3.8) is 0 Å². The maximum Gasteiger partial charge on any atom is 0.224 e. The number of nitrogens with zero attached hydrogens (tertiary/aromatic N) is 3. The van der Waals surface area contributed by atoms with Crippen molar-refractivity contribution in [1.82, 2.24) is 25.1 Å². The molecule has 1 amide bonds. The van der Waals surface area contributed by atoms with Gasteiger partial charge in [0.2, 0.25) is 5.91 Å². The van der Waals surface area contributed by atoms with E-state index < -0.39 is 0 Å². The molecule has 0 aliphatic rings. The lowest BCUT2D eigenvalue weighted by Gasteiger charge is -2.17. The zero-order valence-corrected chi connectivity index (χ0v) is 21.6. The molecule has 0 atom stereocenters. The zero-order chi connectivity index (χ0) is 25.6. The van der Waals surface area contributed by atoms with Crippen LogP contribution in [0.3, 0.4) is 0 Å². The standard InChI is InChI=1S/C29H26N6OS/c1-29(2,3)11-27(36)32-20-8-19(12-30-13-20)17-4-5-24-22(9-17)28(35-34-24)25-10-21-23(18-6-7-37-16-18)14-31-15-26(21)33-25/h4-10,12-16,33H,11H2,1-3H3,(H,32,36)(H,34,35). The van der Waals surface area contributed by atoms with Crippen LogP contribution < -0.4 is 5.32 Å². The lowest BCUT2D eigenvalue weighted by molar-refractivity contribution is -0.117. The molecule has 6 rings (SSSR count). The van der Waals surface area contributed by atoms with E-state index in [0.29, 0.717) is 12.1 Å². The average Bonchev–Trinajstić information content (AvgIpc) is 3.61. The van der Waals surface area contributed by atoms with Crippen LogP contribution in [0.2, 0.25) is 0 Å². The summed E-state index contributed by atoms with van der Waals surface area (Å²) >= 11 is 1.67. The van der Waals surface area contributed by atoms with Crippen LogP contribution in [0.15, 0.2) is 71.9 Å². The van der Waals surface area contributed by atoms with Crippen molar-refractivity contribution in [2.75, 3.05) is 5.32 Å². The fraction of sp³-hybridized carbons (Fsp3) is 0.172. The summed E-state index contributed by atoms with van der Waals surface area (Å²) in [6, 6.07) is 12.4. The third kappa shape index (κ3) is 4.63. The van der Waals surface area contributed by atoms with Crippen molar-refractivity contribution < 1.29 is 4.79 Å². The lowest BCUT2D eigenvalue weighted by atomic mass is 9.92. The Bertz CT molecular complexity index is 1740. The number of benzene rings is 1. The Hall–Kier alpha value is -4.30. The van der Waals surface area contributed by atoms with Gasteiger partial charge in [0.05, 0.1) is 34.8 Å². The number of anilines is 1. The number of rotatable bonds is 5. The number of aromatic nitrogens is 5. The van der Waals surface area contributed by atoms with Crippen molar-refractivity contribution in [1.29, 1.82) is 0 Å². The molecule has 0 unspecified atom stereocenters. The van der Waals surface area contributed by atoms with Crippen LogP contribution in [0.25, 0.3) is 55.4 Å². The van der Waals surface area contributed by atoms with Crippen molar-refractivity contribution in [3.8, 4) is 33.6 Å². The summed E-state index contributed by atoms with van der Waals surface area (Å²) in [4.78, 5) is 24.7. The third-order valence-electron chi connectivity index (χ3n) is 6.24. The van der Waals surface area contributed by atoms with Crippen LogP contribution in [0.1, 0.15) is 27.2 Å². The number of nitrogens with one attached hydrogen (secondary N) is 3. The minimum absolute atomic E-state index is 0.0193. The number of carbonyl (C=O) groups excluding carboxylic acids is 1. The summed E-state index contributed by atoms with van der Waals surface area (Å²) < 4.78 is 0. The zero-order valence-electron chi connectivity index (χ0n) is 20.8. The number of pyridine rings is 2. The second kappa shape index (κ2) is 8.97. The molecule has 0 aliphatic carbocycles. The van der Waals surface area contributed by atoms with Crippen molar-refractivity contribution in [2.45, 2.75) is 27.2 Å². The molecule has 0 aliphatic heterocycles. The topological polar surface area (TPSA) is 99.3 Å². The van der Waals surface area contributed by atoms with Gasteiger partial charge in [-0.1, -0.05) is 26.8 Å². The first kappa shape index (κ1) is 23.1. The van der Waals surface area contributed by atoms with E-state index in [9.17, 15) is 4.79 Å². The van der Waals surface area contributed by atoms with E-state index in [4.69, 9.17) is 0 Å². The minimum Gasteiger partial charge on any atom is -0.352 e. The molecule has 184 valence electrons. The fourth-order valence-electron chi connectivity index (χ4n) is 4.58. The van der Waals surface area contributed by atoms with Gasteiger partial charge in [-0.05, 0) is 57.6 Å². The molecule has 8 heteroatoms. The third-order valence-corrected chi connectivity index (χ3v) is 6.93. The Kier molecular flexibility index (Phi) is 5.61. The second-order valence-corrected chi connectivity index (χ2v) is 11.2. The summed E-state index contributed by atoms with van der Waals surface area (Å²) in [6.07, 6.45) is 7.68. The normalized spacial score (nSPS) is 11.9. The van der Waals surface area contributed by atoms with Gasteiger partial charge in [-0.2, -0.15) is 16.4 Å². The van der Waals surface area contributed by atoms with Gasteiger partial charge in [-0.25, -0.2) is 0 Å². The number of thiophene rings is 1. The molecule has 0 saturated heterocycles. The van der Waals surface area contributed by atoms with E-state index in [0.717, 1.165) is 55.4 Å². The molecular weight excluding hydrogens is 480 g/mol. The van der Waals surface area contributed by atoms with E-state index in [1.807, 2.05) is 57.6 Å². The van der Waals surface area contributed by atoms with E-state index in [2.05, 4.69) is 59.4 Å². The van der Waals surface area contributed by atoms with Gasteiger partial charge in [-0.15, -0.1) is 0 Å². The highest BCUT2D eigenvalue weighted by Gasteiger charge is 2.17. The quantitative estimate of drug-likeness (QED) is 0.229. The number of hydrogen-bond donors (Lipinski definition) is 3. The molecule has 1 aromatic carbocycles. The Morgan fingerprint density at radius 3 is 2.59 bits per heavy atom. The van der Waals surface area contributed by atoms with Gasteiger partial charge >= 0.3 is 0 Å². The first-order valence-corrected chi connectivity index (χ1v) is 13.0. The van der Waals surface area contributed by atoms with E-state index in [-0.39, 0.29) is 11.3 Å². The molecule has 0 saturated carbocycles. The van der Waals surface area contributed by atoms with Crippen LogP contribution in [0.5, 0.6) is 0 Å². The van der Waals surface area contributed by atoms with E-state index in [1.54, 1.807) is 17.5 Å². The highest BCUT2D eigenvalue weighted by Crippen LogP contribution is 2.35. The van der Waals surface area contributed by atoms with Gasteiger partial charge in [0.1, 0.15) is 5.69 Å². The monoisotopic (exact) mass is 506 g/mol. The maximum absolute atomic E-state index is 12.4. The predicted octanol–water partition coefficient (Wildman–Crippen LogP) is 7.27. The molecular formula is C29H26N6OS. The number of aromatic amines is 2. The Labute approximate surface area is 218 Å². The van der Waals surface area contributed by atoms with Crippen molar-refractivity contribution in [2.24, 2.45) is 5.41 Å². The van der Waals surface area contributed by atoms with Crippen LogP contribution in [-0.2, 0) is 4.79 Å². The molecule has 5 aromatic heterocycles. The molecule has 37 heavy (non-hydrogen) atoms. The van der Waals surface area contributed by atoms with Gasteiger partial charge < -0.3 is 10.3 Å². The highest BCUT2D eigenvalue weighted by molar-refractivity contribution is 7.08. The highest BCUT2D eigenvalue weighted by atomic mass is 32.1. The number of hydrogen-bond acceptors (Lipinski definition) is 5. The molecule has 0 radical (unpaired) electrons. The summed E-state index contributed by atoms with van der Waals surface area (Å²) in [5, 5.41) is 17.1. The molecule has 0 bridgehead atoms. The van der Waals surface area contributed by atoms with Gasteiger partial charge in [0.25, 0.3) is 0 Å². The molecule has 0 fully saturated rings. The van der Waals surface area contributed by atoms with Gasteiger partial charge in [0.15, 0.2) is 0 Å². The lowest BCUT2D eigenvalue weighted by Crippen LogP contribution is -2.19. The van der Waals surface area contributed by atoms with Crippen molar-refractivity contribution >= 4 is 44.7 Å². The largest absolute Gasteiger partial charge is 0.352 e. The smallest absolute Gasteiger partial charge is 0.224 e. The SMILES string of the molecule is CC(C)(C)CC(=O)Nc1cncc(-c2ccc3[nH]nc(-c4cc5c(-c6ccsc6)cncc5[nH]4)c3c2)c1. The van der Waals surface area contributed by atoms with Gasteiger partial charge in [0, 0.05) is 40.7 Å². The first-order chi connectivity index (χ1) is 17.8. The number of fused-ring (bicyclic) bond motifs is 2. The Balaban J connectivity index is 1.36. The molecule has 6 aromatic rings. The summed E-state index contributed by atoms with van der Waals surface area (Å²) in [6.45, 7) is 6.14. The molecule has 5 heterocycles. The van der Waals surface area contributed by atoms with Crippen LogP contribution in [0, 0.1) is 5.41 Å². The first-order valence-electron chi connectivity index (χ1n) is 12.1. The van der Waals surface area contributed by atoms with Crippen LogP contribution in [0.4, 0.5) is 5.69 Å². The molecule has 3 N–H and O–H groups in total. The average molecular weight is 507 g/mol. The maximum atomic E-state index is 12.4. The minimum atomic E-state index is -0.0823. The second-order valence-electron chi connectivity index (χ2n) is 10.4. The predicted molar refractivity (Wildman–Crippen MR) is 150 cm³/mol. The Morgan fingerprint density at radius 1 is 0.919 bits per heavy atom. The summed E-state index contributed by atoms with van der Waals surface area (Å²) in [5.41, 5.74) is 8.43. The Morgan fingerprint density at radius 2 is 1.78 bits per heavy atom. The van der Waals surface area contributed by atoms with E-state index >= 15 is 0 Å². The number of H-pyrrole nitrogens is 2. The van der Waals surface area contributed by atoms with Gasteiger partial charge in [-0.3, -0.25) is 19.9 Å². The van der Waals surface area contributed by atoms with Crippen LogP contribution in [-0.4, -0.2) is 31.1 Å². The molecule has 7 nitrogen and oxygen atoms in total. The molecule has 0 spiro atoms. The summed E-state index contributed by atoms with van der Waals surface area (Å²) in [7, 11) is 0. The van der Waals surface area contributed by atoms with Crippen molar-refractivity contribution in [3.05, 3.63) is 71.9 Å². The van der Waals surface area contributed by atoms with Crippen LogP contribution >= 0.6 is 11.3 Å². The van der Waals surface area contributed by atoms with E-state index in [1.165, 1.54) is 0 Å². The number of amides is 1.